The van der Waals surface area contributed by atoms with Gasteiger partial charge in [-0.1, -0.05) is 12.1 Å². The first-order valence-corrected chi connectivity index (χ1v) is 8.77. The molecule has 2 aromatic rings. The largest absolute Gasteiger partial charge is 0.476 e. The van der Waals surface area contributed by atoms with Crippen LogP contribution in [0.5, 0.6) is 0 Å². The first kappa shape index (κ1) is 19.5. The molecule has 1 aromatic heterocycles. The molecule has 0 spiro atoms. The van der Waals surface area contributed by atoms with Gasteiger partial charge < -0.3 is 15.7 Å². The number of carbonyl (C=O) groups is 2. The number of nitrogens with zero attached hydrogens (tertiary/aromatic N) is 2. The van der Waals surface area contributed by atoms with E-state index in [0.29, 0.717) is 25.9 Å². The maximum atomic E-state index is 11.9. The zero-order valence-corrected chi connectivity index (χ0v) is 14.6. The van der Waals surface area contributed by atoms with Gasteiger partial charge in [-0.2, -0.15) is 0 Å². The summed E-state index contributed by atoms with van der Waals surface area (Å²) < 4.78 is 0. The molecule has 26 heavy (non-hydrogen) atoms. The van der Waals surface area contributed by atoms with Crippen molar-refractivity contribution in [3.8, 4) is 0 Å². The van der Waals surface area contributed by atoms with Gasteiger partial charge in [-0.15, -0.1) is 11.3 Å². The van der Waals surface area contributed by atoms with Crippen LogP contribution in [0, 0.1) is 10.1 Å². The summed E-state index contributed by atoms with van der Waals surface area (Å²) in [6.45, 7) is 1.22. The van der Waals surface area contributed by atoms with E-state index in [0.717, 1.165) is 5.01 Å². The molecule has 0 radical (unpaired) electrons. The normalized spacial score (nSPS) is 10.5. The van der Waals surface area contributed by atoms with Crippen molar-refractivity contribution in [1.82, 2.24) is 10.3 Å². The van der Waals surface area contributed by atoms with Gasteiger partial charge in [0, 0.05) is 30.8 Å². The highest BCUT2D eigenvalue weighted by Gasteiger charge is 2.14. The van der Waals surface area contributed by atoms with E-state index in [1.807, 2.05) is 0 Å². The minimum Gasteiger partial charge on any atom is -0.476 e. The van der Waals surface area contributed by atoms with Crippen LogP contribution in [0.15, 0.2) is 29.6 Å². The van der Waals surface area contributed by atoms with E-state index in [2.05, 4.69) is 15.6 Å². The summed E-state index contributed by atoms with van der Waals surface area (Å²) >= 11 is 1.30. The zero-order valence-electron chi connectivity index (χ0n) is 13.8. The first-order valence-electron chi connectivity index (χ1n) is 7.89. The lowest BCUT2D eigenvalue weighted by atomic mass is 10.2. The van der Waals surface area contributed by atoms with Crippen LogP contribution in [-0.4, -0.2) is 40.0 Å². The molecule has 2 rings (SSSR count). The average molecular weight is 378 g/mol. The van der Waals surface area contributed by atoms with E-state index in [-0.39, 0.29) is 29.4 Å². The molecule has 0 unspecified atom stereocenters. The Morgan fingerprint density at radius 3 is 2.73 bits per heavy atom. The van der Waals surface area contributed by atoms with Crippen molar-refractivity contribution in [2.24, 2.45) is 0 Å². The molecule has 0 fully saturated rings. The third kappa shape index (κ3) is 5.90. The molecular weight excluding hydrogens is 360 g/mol. The second kappa shape index (κ2) is 9.59. The van der Waals surface area contributed by atoms with Crippen molar-refractivity contribution >= 4 is 34.6 Å². The van der Waals surface area contributed by atoms with Crippen molar-refractivity contribution < 1.29 is 19.6 Å². The van der Waals surface area contributed by atoms with Crippen molar-refractivity contribution in [3.05, 3.63) is 50.5 Å². The second-order valence-electron chi connectivity index (χ2n) is 5.36. The summed E-state index contributed by atoms with van der Waals surface area (Å²) in [7, 11) is 0. The lowest BCUT2D eigenvalue weighted by Crippen LogP contribution is -2.20. The smallest absolute Gasteiger partial charge is 0.355 e. The van der Waals surface area contributed by atoms with Gasteiger partial charge >= 0.3 is 5.97 Å². The van der Waals surface area contributed by atoms with Gasteiger partial charge in [0.05, 0.1) is 9.93 Å². The van der Waals surface area contributed by atoms with Crippen LogP contribution in [0.1, 0.15) is 28.3 Å². The third-order valence-corrected chi connectivity index (χ3v) is 4.33. The Labute approximate surface area is 153 Å². The van der Waals surface area contributed by atoms with E-state index in [1.54, 1.807) is 12.1 Å². The van der Waals surface area contributed by atoms with Crippen LogP contribution in [-0.2, 0) is 11.2 Å². The Morgan fingerprint density at radius 1 is 1.27 bits per heavy atom. The topological polar surface area (TPSA) is 134 Å². The Morgan fingerprint density at radius 2 is 2.04 bits per heavy atom. The van der Waals surface area contributed by atoms with E-state index in [9.17, 15) is 19.7 Å². The summed E-state index contributed by atoms with van der Waals surface area (Å²) in [5.74, 6) is -1.32. The van der Waals surface area contributed by atoms with Gasteiger partial charge in [0.1, 0.15) is 5.69 Å². The van der Waals surface area contributed by atoms with Crippen LogP contribution >= 0.6 is 11.3 Å². The van der Waals surface area contributed by atoms with Crippen molar-refractivity contribution in [2.75, 3.05) is 18.4 Å². The van der Waals surface area contributed by atoms with Gasteiger partial charge in [0.2, 0.25) is 5.91 Å². The summed E-state index contributed by atoms with van der Waals surface area (Å²) in [6.07, 6.45) is 1.42. The number of carbonyl (C=O) groups excluding carboxylic acids is 1. The molecule has 1 amide bonds. The number of rotatable bonds is 10. The number of nitro benzene ring substituents is 1. The summed E-state index contributed by atoms with van der Waals surface area (Å²) in [4.78, 5) is 37.0. The van der Waals surface area contributed by atoms with Crippen molar-refractivity contribution in [2.45, 2.75) is 19.3 Å². The standard InChI is InChI=1S/C16H18N4O5S/c21-14(18-11-4-1-2-5-13(11)20(24)25)6-3-8-17-9-7-15-19-12(10-26-15)16(22)23/h1-2,4-5,10,17H,3,6-9H2,(H,18,21)(H,22,23). The number of thiazole rings is 1. The van der Waals surface area contributed by atoms with Gasteiger partial charge in [0.15, 0.2) is 5.69 Å². The number of carboxylic acid groups (broad SMARTS) is 1. The minimum absolute atomic E-state index is 0.0525. The molecule has 1 heterocycles. The highest BCUT2D eigenvalue weighted by molar-refractivity contribution is 7.09. The Kier molecular flexibility index (Phi) is 7.18. The Balaban J connectivity index is 1.64. The molecule has 0 saturated heterocycles. The SMILES string of the molecule is O=C(CCCNCCc1nc(C(=O)O)cs1)Nc1ccccc1[N+](=O)[O-]. The predicted octanol–water partition coefficient (Wildman–Crippen LogP) is 2.30. The number of aromatic nitrogens is 1. The van der Waals surface area contributed by atoms with Crippen LogP contribution in [0.2, 0.25) is 0 Å². The number of hydrogen-bond acceptors (Lipinski definition) is 7. The lowest BCUT2D eigenvalue weighted by molar-refractivity contribution is -0.383. The number of hydrogen-bond donors (Lipinski definition) is 3. The molecule has 3 N–H and O–H groups in total. The summed E-state index contributed by atoms with van der Waals surface area (Å²) in [6, 6.07) is 6.00. The summed E-state index contributed by atoms with van der Waals surface area (Å²) in [5, 5.41) is 27.6. The highest BCUT2D eigenvalue weighted by Crippen LogP contribution is 2.23. The molecule has 0 saturated carbocycles. The fourth-order valence-electron chi connectivity index (χ4n) is 2.17. The van der Waals surface area contributed by atoms with Gasteiger partial charge in [-0.3, -0.25) is 14.9 Å². The van der Waals surface area contributed by atoms with E-state index < -0.39 is 10.9 Å². The second-order valence-corrected chi connectivity index (χ2v) is 6.30. The van der Waals surface area contributed by atoms with Gasteiger partial charge in [-0.25, -0.2) is 9.78 Å². The Bertz CT molecular complexity index is 792. The molecule has 138 valence electrons. The molecule has 0 aliphatic carbocycles. The minimum atomic E-state index is -1.04. The maximum absolute atomic E-state index is 11.9. The number of carboxylic acids is 1. The molecular formula is C16H18N4O5S. The quantitative estimate of drug-likeness (QED) is 0.328. The van der Waals surface area contributed by atoms with E-state index >= 15 is 0 Å². The van der Waals surface area contributed by atoms with E-state index in [4.69, 9.17) is 5.11 Å². The van der Waals surface area contributed by atoms with Crippen molar-refractivity contribution in [3.63, 3.8) is 0 Å². The average Bonchev–Trinajstić information content (AvgIpc) is 3.07. The number of nitrogens with one attached hydrogen (secondary N) is 2. The Hall–Kier alpha value is -2.85. The first-order chi connectivity index (χ1) is 12.5. The number of aromatic carboxylic acids is 1. The fraction of sp³-hybridized carbons (Fsp3) is 0.312. The molecule has 9 nitrogen and oxygen atoms in total. The summed E-state index contributed by atoms with van der Waals surface area (Å²) in [5.41, 5.74) is 0.105. The van der Waals surface area contributed by atoms with Crippen LogP contribution < -0.4 is 10.6 Å². The van der Waals surface area contributed by atoms with Crippen LogP contribution in [0.4, 0.5) is 11.4 Å². The molecule has 0 bridgehead atoms. The highest BCUT2D eigenvalue weighted by atomic mass is 32.1. The molecule has 10 heteroatoms. The number of anilines is 1. The number of nitro groups is 1. The third-order valence-electron chi connectivity index (χ3n) is 3.42. The number of para-hydroxylation sites is 2. The molecule has 0 aliphatic heterocycles. The predicted molar refractivity (Wildman–Crippen MR) is 96.6 cm³/mol. The van der Waals surface area contributed by atoms with E-state index in [1.165, 1.54) is 28.8 Å². The number of amides is 1. The van der Waals surface area contributed by atoms with Crippen LogP contribution in [0.3, 0.4) is 0 Å². The van der Waals surface area contributed by atoms with Crippen LogP contribution in [0.25, 0.3) is 0 Å². The van der Waals surface area contributed by atoms with Gasteiger partial charge in [-0.05, 0) is 19.0 Å². The number of benzene rings is 1. The fourth-order valence-corrected chi connectivity index (χ4v) is 2.94. The monoisotopic (exact) mass is 378 g/mol. The van der Waals surface area contributed by atoms with Gasteiger partial charge in [0.25, 0.3) is 5.69 Å². The molecule has 1 aromatic carbocycles. The molecule has 0 atom stereocenters. The zero-order chi connectivity index (χ0) is 18.9. The lowest BCUT2D eigenvalue weighted by Gasteiger charge is -2.06. The molecule has 0 aliphatic rings. The maximum Gasteiger partial charge on any atom is 0.355 e. The van der Waals surface area contributed by atoms with Crippen molar-refractivity contribution in [1.29, 1.82) is 0 Å².